The van der Waals surface area contributed by atoms with Crippen LogP contribution in [0.25, 0.3) is 0 Å². The summed E-state index contributed by atoms with van der Waals surface area (Å²) < 4.78 is 5.85. The standard InChI is InChI=1S/C10H22NO2S.ClH/c1-10(2,3)14-9(12)13-8-7-11(4,5)6;/h7-8H2,1-6H3;1H/q+1;/p-1. The molecule has 0 heterocycles. The molecule has 0 amide bonds. The first kappa shape index (κ1) is 17.5. The van der Waals surface area contributed by atoms with Gasteiger partial charge in [-0.15, -0.1) is 0 Å². The van der Waals surface area contributed by atoms with Crippen LogP contribution in [0.2, 0.25) is 0 Å². The Bertz CT molecular complexity index is 197. The molecule has 0 fully saturated rings. The molecule has 0 spiro atoms. The second-order valence-corrected chi connectivity index (χ2v) is 7.09. The molecule has 0 aliphatic rings. The molecule has 0 aromatic rings. The summed E-state index contributed by atoms with van der Waals surface area (Å²) in [4.78, 5) is 11.3. The number of likely N-dealkylation sites (N-methyl/N-ethyl adjacent to an activating group) is 1. The van der Waals surface area contributed by atoms with Crippen molar-refractivity contribution in [2.75, 3.05) is 34.3 Å². The molecule has 0 N–H and O–H groups in total. The maximum Gasteiger partial charge on any atom is 0.368 e. The molecule has 3 nitrogen and oxygen atoms in total. The Morgan fingerprint density at radius 2 is 1.73 bits per heavy atom. The fraction of sp³-hybridized carbons (Fsp3) is 0.900. The van der Waals surface area contributed by atoms with Crippen LogP contribution in [0, 0.1) is 0 Å². The number of rotatable bonds is 3. The molecule has 0 saturated heterocycles. The number of thioether (sulfide) groups is 1. The molecule has 0 radical (unpaired) electrons. The summed E-state index contributed by atoms with van der Waals surface area (Å²) in [5.74, 6) is 0. The van der Waals surface area contributed by atoms with Gasteiger partial charge in [0.2, 0.25) is 0 Å². The van der Waals surface area contributed by atoms with Gasteiger partial charge in [0.1, 0.15) is 13.2 Å². The zero-order valence-corrected chi connectivity index (χ0v) is 12.0. The van der Waals surface area contributed by atoms with E-state index >= 15 is 0 Å². The van der Waals surface area contributed by atoms with Crippen LogP contribution in [0.3, 0.4) is 0 Å². The van der Waals surface area contributed by atoms with Crippen molar-refractivity contribution < 1.29 is 26.4 Å². The molecule has 0 unspecified atom stereocenters. The highest BCUT2D eigenvalue weighted by molar-refractivity contribution is 8.14. The minimum Gasteiger partial charge on any atom is -1.00 e. The summed E-state index contributed by atoms with van der Waals surface area (Å²) in [6, 6.07) is 0. The van der Waals surface area contributed by atoms with Gasteiger partial charge in [-0.25, -0.2) is 4.79 Å². The first-order chi connectivity index (χ1) is 6.10. The van der Waals surface area contributed by atoms with Gasteiger partial charge < -0.3 is 21.6 Å². The molecule has 0 saturated carbocycles. The number of halogens is 1. The number of hydrogen-bond acceptors (Lipinski definition) is 3. The van der Waals surface area contributed by atoms with Gasteiger partial charge in [0.05, 0.1) is 21.1 Å². The van der Waals surface area contributed by atoms with Gasteiger partial charge in [0, 0.05) is 4.75 Å². The summed E-state index contributed by atoms with van der Waals surface area (Å²) in [7, 11) is 6.22. The van der Waals surface area contributed by atoms with Crippen LogP contribution < -0.4 is 12.4 Å². The van der Waals surface area contributed by atoms with Crippen molar-refractivity contribution in [1.29, 1.82) is 0 Å². The first-order valence-electron chi connectivity index (χ1n) is 4.76. The number of carbonyl (C=O) groups excluding carboxylic acids is 1. The lowest BCUT2D eigenvalue weighted by molar-refractivity contribution is -0.870. The van der Waals surface area contributed by atoms with Crippen molar-refractivity contribution in [3.8, 4) is 0 Å². The van der Waals surface area contributed by atoms with Crippen molar-refractivity contribution in [3.05, 3.63) is 0 Å². The third kappa shape index (κ3) is 14.1. The fourth-order valence-corrected chi connectivity index (χ4v) is 1.32. The highest BCUT2D eigenvalue weighted by Gasteiger charge is 2.18. The van der Waals surface area contributed by atoms with Gasteiger partial charge in [-0.1, -0.05) is 20.8 Å². The predicted molar refractivity (Wildman–Crippen MR) is 61.6 cm³/mol. The van der Waals surface area contributed by atoms with Crippen LogP contribution in [0.1, 0.15) is 20.8 Å². The Morgan fingerprint density at radius 3 is 2.07 bits per heavy atom. The SMILES string of the molecule is CC(C)(C)SC(=O)OCC[N+](C)(C)C.[Cl-]. The van der Waals surface area contributed by atoms with Crippen LogP contribution in [-0.4, -0.2) is 48.8 Å². The lowest BCUT2D eigenvalue weighted by Gasteiger charge is -2.23. The minimum atomic E-state index is -0.175. The number of nitrogens with zero attached hydrogens (tertiary/aromatic N) is 1. The van der Waals surface area contributed by atoms with Crippen LogP contribution in [0.15, 0.2) is 0 Å². The molecule has 0 atom stereocenters. The largest absolute Gasteiger partial charge is 1.00 e. The van der Waals surface area contributed by atoms with Crippen LogP contribution in [-0.2, 0) is 4.74 Å². The van der Waals surface area contributed by atoms with Crippen LogP contribution in [0.4, 0.5) is 4.79 Å². The van der Waals surface area contributed by atoms with Crippen molar-refractivity contribution in [2.24, 2.45) is 0 Å². The minimum absolute atomic E-state index is 0. The van der Waals surface area contributed by atoms with Gasteiger partial charge in [0.15, 0.2) is 0 Å². The van der Waals surface area contributed by atoms with Gasteiger partial charge in [-0.3, -0.25) is 0 Å². The fourth-order valence-electron chi connectivity index (χ4n) is 0.682. The molecule has 0 aliphatic carbocycles. The van der Waals surface area contributed by atoms with Crippen molar-refractivity contribution in [2.45, 2.75) is 25.5 Å². The summed E-state index contributed by atoms with van der Waals surface area (Å²) in [6.07, 6.45) is 0. The van der Waals surface area contributed by atoms with Gasteiger partial charge in [-0.05, 0) is 11.8 Å². The zero-order valence-electron chi connectivity index (χ0n) is 10.5. The Morgan fingerprint density at radius 1 is 1.27 bits per heavy atom. The van der Waals surface area contributed by atoms with E-state index in [-0.39, 0.29) is 22.5 Å². The first-order valence-corrected chi connectivity index (χ1v) is 5.58. The van der Waals surface area contributed by atoms with Crippen LogP contribution >= 0.6 is 11.8 Å². The molecule has 0 aromatic carbocycles. The van der Waals surface area contributed by atoms with E-state index in [2.05, 4.69) is 21.1 Å². The maximum absolute atomic E-state index is 11.3. The lowest BCUT2D eigenvalue weighted by atomic mass is 10.3. The van der Waals surface area contributed by atoms with E-state index < -0.39 is 0 Å². The Labute approximate surface area is 104 Å². The average molecular weight is 256 g/mol. The third-order valence-electron chi connectivity index (χ3n) is 1.37. The Kier molecular flexibility index (Phi) is 7.69. The van der Waals surface area contributed by atoms with Crippen molar-refractivity contribution in [3.63, 3.8) is 0 Å². The number of ether oxygens (including phenoxy) is 1. The molecular formula is C10H22ClNO2S. The normalized spacial score (nSPS) is 11.9. The summed E-state index contributed by atoms with van der Waals surface area (Å²) in [6.45, 7) is 7.33. The molecule has 0 aliphatic heterocycles. The summed E-state index contributed by atoms with van der Waals surface area (Å²) in [5, 5.41) is -0.175. The lowest BCUT2D eigenvalue weighted by Crippen LogP contribution is -3.00. The number of hydrogen-bond donors (Lipinski definition) is 0. The highest BCUT2D eigenvalue weighted by Crippen LogP contribution is 2.24. The van der Waals surface area contributed by atoms with E-state index in [9.17, 15) is 4.79 Å². The van der Waals surface area contributed by atoms with E-state index in [1.54, 1.807) is 0 Å². The maximum atomic E-state index is 11.3. The van der Waals surface area contributed by atoms with E-state index in [0.29, 0.717) is 6.61 Å². The summed E-state index contributed by atoms with van der Waals surface area (Å²) >= 11 is 1.24. The monoisotopic (exact) mass is 255 g/mol. The van der Waals surface area contributed by atoms with Crippen molar-refractivity contribution in [1.82, 2.24) is 0 Å². The Hall–Kier alpha value is 0.0700. The zero-order chi connectivity index (χ0) is 11.4. The quantitative estimate of drug-likeness (QED) is 0.496. The topological polar surface area (TPSA) is 26.3 Å². The third-order valence-corrected chi connectivity index (χ3v) is 2.27. The molecule has 92 valence electrons. The van der Waals surface area contributed by atoms with E-state index in [1.807, 2.05) is 20.8 Å². The summed E-state index contributed by atoms with van der Waals surface area (Å²) in [5.41, 5.74) is 0. The molecule has 0 rings (SSSR count). The molecule has 5 heteroatoms. The second kappa shape index (κ2) is 6.61. The van der Waals surface area contributed by atoms with Gasteiger partial charge >= 0.3 is 5.30 Å². The van der Waals surface area contributed by atoms with Gasteiger partial charge in [0.25, 0.3) is 0 Å². The van der Waals surface area contributed by atoms with E-state index in [0.717, 1.165) is 11.0 Å². The van der Waals surface area contributed by atoms with E-state index in [4.69, 9.17) is 4.74 Å². The number of quaternary nitrogens is 1. The van der Waals surface area contributed by atoms with Crippen LogP contribution in [0.5, 0.6) is 0 Å². The second-order valence-electron chi connectivity index (χ2n) is 5.33. The smallest absolute Gasteiger partial charge is 0.368 e. The molecule has 0 aromatic heterocycles. The van der Waals surface area contributed by atoms with Crippen molar-refractivity contribution >= 4 is 17.1 Å². The molecule has 15 heavy (non-hydrogen) atoms. The molecule has 0 bridgehead atoms. The average Bonchev–Trinajstić information content (AvgIpc) is 1.78. The highest BCUT2D eigenvalue weighted by atomic mass is 35.5. The predicted octanol–water partition coefficient (Wildman–Crippen LogP) is -0.635. The van der Waals surface area contributed by atoms with E-state index in [1.165, 1.54) is 11.8 Å². The molecular weight excluding hydrogens is 234 g/mol. The number of carbonyl (C=O) groups is 1. The Balaban J connectivity index is 0. The van der Waals surface area contributed by atoms with Gasteiger partial charge in [-0.2, -0.15) is 0 Å².